The third kappa shape index (κ3) is 6.58. The predicted molar refractivity (Wildman–Crippen MR) is 100.0 cm³/mol. The van der Waals surface area contributed by atoms with Crippen LogP contribution in [0.2, 0.25) is 0 Å². The second kappa shape index (κ2) is 9.94. The van der Waals surface area contributed by atoms with Gasteiger partial charge in [0.15, 0.2) is 0 Å². The number of hydrogen-bond acceptors (Lipinski definition) is 5. The number of benzene rings is 1. The van der Waals surface area contributed by atoms with Crippen molar-refractivity contribution < 1.29 is 29.0 Å². The highest BCUT2D eigenvalue weighted by Gasteiger charge is 2.40. The SMILES string of the molecule is CCC(OC(=O)[C@@H](NC(=O)OCc1ccccc1)C(C)C)C(C)(C)C(=O)O. The molecule has 0 aromatic heterocycles. The quantitative estimate of drug-likeness (QED) is 0.638. The van der Waals surface area contributed by atoms with Crippen molar-refractivity contribution in [2.24, 2.45) is 11.3 Å². The lowest BCUT2D eigenvalue weighted by Gasteiger charge is -2.31. The number of alkyl carbamates (subject to hydrolysis) is 1. The van der Waals surface area contributed by atoms with Gasteiger partial charge in [0.25, 0.3) is 0 Å². The van der Waals surface area contributed by atoms with Crippen LogP contribution in [0.5, 0.6) is 0 Å². The molecule has 2 N–H and O–H groups in total. The second-order valence-electron chi connectivity index (χ2n) is 7.29. The van der Waals surface area contributed by atoms with Crippen LogP contribution in [0.4, 0.5) is 4.79 Å². The van der Waals surface area contributed by atoms with Gasteiger partial charge in [0, 0.05) is 0 Å². The molecule has 1 rings (SSSR count). The summed E-state index contributed by atoms with van der Waals surface area (Å²) in [6.45, 7) is 8.34. The molecule has 0 saturated heterocycles. The third-order valence-corrected chi connectivity index (χ3v) is 4.39. The highest BCUT2D eigenvalue weighted by molar-refractivity contribution is 5.82. The van der Waals surface area contributed by atoms with Gasteiger partial charge in [0.1, 0.15) is 18.8 Å². The Morgan fingerprint density at radius 1 is 1.15 bits per heavy atom. The van der Waals surface area contributed by atoms with Gasteiger partial charge in [0.05, 0.1) is 5.41 Å². The molecule has 0 heterocycles. The second-order valence-corrected chi connectivity index (χ2v) is 7.29. The van der Waals surface area contributed by atoms with Gasteiger partial charge < -0.3 is 19.9 Å². The highest BCUT2D eigenvalue weighted by atomic mass is 16.6. The Hall–Kier alpha value is -2.57. The zero-order valence-electron chi connectivity index (χ0n) is 16.5. The maximum Gasteiger partial charge on any atom is 0.408 e. The molecule has 27 heavy (non-hydrogen) atoms. The van der Waals surface area contributed by atoms with E-state index in [4.69, 9.17) is 9.47 Å². The maximum absolute atomic E-state index is 12.5. The minimum absolute atomic E-state index is 0.0795. The predicted octanol–water partition coefficient (Wildman–Crippen LogP) is 3.37. The number of carbonyl (C=O) groups is 3. The normalized spacial score (nSPS) is 13.6. The summed E-state index contributed by atoms with van der Waals surface area (Å²) in [5.74, 6) is -1.99. The molecule has 150 valence electrons. The number of hydrogen-bond donors (Lipinski definition) is 2. The lowest BCUT2D eigenvalue weighted by Crippen LogP contribution is -2.49. The van der Waals surface area contributed by atoms with Crippen LogP contribution >= 0.6 is 0 Å². The first-order chi connectivity index (χ1) is 12.6. The summed E-state index contributed by atoms with van der Waals surface area (Å²) in [5.41, 5.74) is -0.412. The zero-order valence-corrected chi connectivity index (χ0v) is 16.5. The number of esters is 1. The first-order valence-electron chi connectivity index (χ1n) is 9.00. The van der Waals surface area contributed by atoms with Crippen LogP contribution < -0.4 is 5.32 Å². The molecule has 1 aromatic rings. The standard InChI is InChI=1S/C20H29NO6/c1-6-15(20(4,5)18(23)24)27-17(22)16(13(2)3)21-19(25)26-12-14-10-8-7-9-11-14/h7-11,13,15-16H,6,12H2,1-5H3,(H,21,25)(H,23,24)/t15?,16-/m0/s1. The van der Waals surface area contributed by atoms with Crippen LogP contribution in [-0.4, -0.2) is 35.3 Å². The largest absolute Gasteiger partial charge is 0.481 e. The first-order valence-corrected chi connectivity index (χ1v) is 9.00. The summed E-state index contributed by atoms with van der Waals surface area (Å²) in [6.07, 6.45) is -1.21. The minimum Gasteiger partial charge on any atom is -0.481 e. The molecule has 0 fully saturated rings. The van der Waals surface area contributed by atoms with E-state index < -0.39 is 35.6 Å². The molecular weight excluding hydrogens is 350 g/mol. The lowest BCUT2D eigenvalue weighted by molar-refractivity contribution is -0.168. The lowest BCUT2D eigenvalue weighted by atomic mass is 9.85. The van der Waals surface area contributed by atoms with Gasteiger partial charge in [0.2, 0.25) is 0 Å². The molecule has 1 amide bonds. The Labute approximate surface area is 160 Å². The average Bonchev–Trinajstić information content (AvgIpc) is 2.62. The molecule has 0 spiro atoms. The first kappa shape index (κ1) is 22.5. The topological polar surface area (TPSA) is 102 Å². The van der Waals surface area contributed by atoms with E-state index in [-0.39, 0.29) is 12.5 Å². The Balaban J connectivity index is 2.72. The zero-order chi connectivity index (χ0) is 20.6. The Morgan fingerprint density at radius 3 is 2.22 bits per heavy atom. The highest BCUT2D eigenvalue weighted by Crippen LogP contribution is 2.27. The number of carbonyl (C=O) groups excluding carboxylic acids is 2. The Kier molecular flexibility index (Phi) is 8.28. The number of rotatable bonds is 9. The van der Waals surface area contributed by atoms with Crippen molar-refractivity contribution in [1.82, 2.24) is 5.32 Å². The van der Waals surface area contributed by atoms with Crippen molar-refractivity contribution in [3.63, 3.8) is 0 Å². The average molecular weight is 379 g/mol. The molecule has 0 saturated carbocycles. The molecule has 7 nitrogen and oxygen atoms in total. The number of carboxylic acid groups (broad SMARTS) is 1. The van der Waals surface area contributed by atoms with E-state index in [9.17, 15) is 19.5 Å². The van der Waals surface area contributed by atoms with Crippen LogP contribution in [0.15, 0.2) is 30.3 Å². The van der Waals surface area contributed by atoms with E-state index >= 15 is 0 Å². The molecule has 0 aliphatic carbocycles. The van der Waals surface area contributed by atoms with E-state index in [0.29, 0.717) is 6.42 Å². The van der Waals surface area contributed by atoms with Gasteiger partial charge in [-0.2, -0.15) is 0 Å². The van der Waals surface area contributed by atoms with Gasteiger partial charge in [-0.25, -0.2) is 9.59 Å². The van der Waals surface area contributed by atoms with E-state index in [1.54, 1.807) is 20.8 Å². The maximum atomic E-state index is 12.5. The fraction of sp³-hybridized carbons (Fsp3) is 0.550. The summed E-state index contributed by atoms with van der Waals surface area (Å²) in [6, 6.07) is 8.23. The van der Waals surface area contributed by atoms with Crippen molar-refractivity contribution >= 4 is 18.0 Å². The van der Waals surface area contributed by atoms with Crippen LogP contribution in [-0.2, 0) is 25.7 Å². The van der Waals surface area contributed by atoms with Crippen LogP contribution in [0.1, 0.15) is 46.6 Å². The summed E-state index contributed by atoms with van der Waals surface area (Å²) < 4.78 is 10.6. The molecule has 7 heteroatoms. The van der Waals surface area contributed by atoms with Crippen molar-refractivity contribution in [3.05, 3.63) is 35.9 Å². The van der Waals surface area contributed by atoms with Crippen LogP contribution in [0.3, 0.4) is 0 Å². The van der Waals surface area contributed by atoms with Crippen molar-refractivity contribution in [3.8, 4) is 0 Å². The molecule has 0 radical (unpaired) electrons. The van der Waals surface area contributed by atoms with E-state index in [2.05, 4.69) is 5.32 Å². The van der Waals surface area contributed by atoms with Crippen molar-refractivity contribution in [1.29, 1.82) is 0 Å². The molecule has 1 aromatic carbocycles. The monoisotopic (exact) mass is 379 g/mol. The number of carboxylic acids is 1. The van der Waals surface area contributed by atoms with E-state index in [0.717, 1.165) is 5.56 Å². The van der Waals surface area contributed by atoms with Crippen LogP contribution in [0.25, 0.3) is 0 Å². The molecular formula is C20H29NO6. The molecule has 1 unspecified atom stereocenters. The van der Waals surface area contributed by atoms with Gasteiger partial charge in [-0.15, -0.1) is 0 Å². The van der Waals surface area contributed by atoms with Gasteiger partial charge in [-0.05, 0) is 31.7 Å². The van der Waals surface area contributed by atoms with Crippen molar-refractivity contribution in [2.45, 2.75) is 59.8 Å². The fourth-order valence-corrected chi connectivity index (χ4v) is 2.48. The molecule has 0 bridgehead atoms. The summed E-state index contributed by atoms with van der Waals surface area (Å²) in [7, 11) is 0. The van der Waals surface area contributed by atoms with Gasteiger partial charge in [-0.1, -0.05) is 51.1 Å². The number of nitrogens with one attached hydrogen (secondary N) is 1. The third-order valence-electron chi connectivity index (χ3n) is 4.39. The van der Waals surface area contributed by atoms with Gasteiger partial charge >= 0.3 is 18.0 Å². The smallest absolute Gasteiger partial charge is 0.408 e. The van der Waals surface area contributed by atoms with Crippen molar-refractivity contribution in [2.75, 3.05) is 0 Å². The van der Waals surface area contributed by atoms with Gasteiger partial charge in [-0.3, -0.25) is 4.79 Å². The number of aliphatic carboxylic acids is 1. The van der Waals surface area contributed by atoms with E-state index in [1.165, 1.54) is 13.8 Å². The summed E-state index contributed by atoms with van der Waals surface area (Å²) in [5, 5.41) is 11.9. The summed E-state index contributed by atoms with van der Waals surface area (Å²) >= 11 is 0. The fourth-order valence-electron chi connectivity index (χ4n) is 2.48. The van der Waals surface area contributed by atoms with E-state index in [1.807, 2.05) is 30.3 Å². The molecule has 2 atom stereocenters. The number of amides is 1. The summed E-state index contributed by atoms with van der Waals surface area (Å²) in [4.78, 5) is 36.0. The number of ether oxygens (including phenoxy) is 2. The Morgan fingerprint density at radius 2 is 1.74 bits per heavy atom. The molecule has 0 aliphatic heterocycles. The van der Waals surface area contributed by atoms with Crippen LogP contribution in [0, 0.1) is 11.3 Å². The Bertz CT molecular complexity index is 641. The minimum atomic E-state index is -1.24. The molecule has 0 aliphatic rings.